The summed E-state index contributed by atoms with van der Waals surface area (Å²) in [6.07, 6.45) is 0. The van der Waals surface area contributed by atoms with Crippen LogP contribution in [-0.4, -0.2) is 41.3 Å². The van der Waals surface area contributed by atoms with Crippen molar-refractivity contribution in [3.8, 4) is 0 Å². The lowest BCUT2D eigenvalue weighted by molar-refractivity contribution is -0.165. The molecule has 1 heterocycles. The van der Waals surface area contributed by atoms with Gasteiger partial charge in [0.1, 0.15) is 6.61 Å². The first-order valence-electron chi connectivity index (χ1n) is 6.01. The minimum atomic E-state index is -1.48. The van der Waals surface area contributed by atoms with Gasteiger partial charge in [0.05, 0.1) is 5.60 Å². The molecule has 4 nitrogen and oxygen atoms in total. The molecule has 0 saturated carbocycles. The third kappa shape index (κ3) is 3.29. The van der Waals surface area contributed by atoms with Gasteiger partial charge in [0, 0.05) is 19.6 Å². The van der Waals surface area contributed by atoms with Crippen molar-refractivity contribution < 1.29 is 27.8 Å². The van der Waals surface area contributed by atoms with Crippen LogP contribution in [0.3, 0.4) is 0 Å². The summed E-state index contributed by atoms with van der Waals surface area (Å²) in [6.45, 7) is 2.52. The number of ether oxygens (including phenoxy) is 1. The molecule has 1 saturated heterocycles. The van der Waals surface area contributed by atoms with Crippen LogP contribution in [0.4, 0.5) is 13.2 Å². The van der Waals surface area contributed by atoms with Gasteiger partial charge in [-0.05, 0) is 24.6 Å². The molecule has 1 aromatic carbocycles. The van der Waals surface area contributed by atoms with Gasteiger partial charge in [-0.1, -0.05) is 0 Å². The van der Waals surface area contributed by atoms with Crippen LogP contribution in [0, 0.1) is 17.5 Å². The SMILES string of the molecule is CC1(OCC(=O)O)CN(Cc2cc(F)c(F)c(F)c2)C1. The van der Waals surface area contributed by atoms with E-state index in [1.807, 2.05) is 4.90 Å². The van der Waals surface area contributed by atoms with Crippen LogP contribution < -0.4 is 0 Å². The van der Waals surface area contributed by atoms with Crippen LogP contribution in [0.5, 0.6) is 0 Å². The molecule has 1 N–H and O–H groups in total. The van der Waals surface area contributed by atoms with Crippen LogP contribution in [0.25, 0.3) is 0 Å². The van der Waals surface area contributed by atoms with Crippen molar-refractivity contribution in [1.82, 2.24) is 4.90 Å². The highest BCUT2D eigenvalue weighted by Crippen LogP contribution is 2.27. The molecular weight excluding hydrogens is 275 g/mol. The van der Waals surface area contributed by atoms with Crippen molar-refractivity contribution in [2.75, 3.05) is 19.7 Å². The summed E-state index contributed by atoms with van der Waals surface area (Å²) in [5.74, 6) is -4.96. The zero-order valence-electron chi connectivity index (χ0n) is 10.8. The van der Waals surface area contributed by atoms with Gasteiger partial charge in [-0.25, -0.2) is 18.0 Å². The largest absolute Gasteiger partial charge is 0.480 e. The van der Waals surface area contributed by atoms with Gasteiger partial charge < -0.3 is 9.84 Å². The number of likely N-dealkylation sites (tertiary alicyclic amines) is 1. The smallest absolute Gasteiger partial charge is 0.329 e. The van der Waals surface area contributed by atoms with Crippen molar-refractivity contribution in [1.29, 1.82) is 0 Å². The van der Waals surface area contributed by atoms with E-state index in [9.17, 15) is 18.0 Å². The Morgan fingerprint density at radius 2 is 1.90 bits per heavy atom. The fraction of sp³-hybridized carbons (Fsp3) is 0.462. The molecule has 1 aliphatic heterocycles. The Morgan fingerprint density at radius 1 is 1.35 bits per heavy atom. The van der Waals surface area contributed by atoms with Crippen LogP contribution in [-0.2, 0) is 16.1 Å². The summed E-state index contributed by atoms with van der Waals surface area (Å²) in [7, 11) is 0. The lowest BCUT2D eigenvalue weighted by Gasteiger charge is -2.47. The van der Waals surface area contributed by atoms with Gasteiger partial charge in [0.25, 0.3) is 0 Å². The Hall–Kier alpha value is -1.60. The maximum atomic E-state index is 13.1. The van der Waals surface area contributed by atoms with Crippen molar-refractivity contribution in [2.45, 2.75) is 19.1 Å². The average molecular weight is 289 g/mol. The van der Waals surface area contributed by atoms with Crippen molar-refractivity contribution >= 4 is 5.97 Å². The number of carboxylic acids is 1. The van der Waals surface area contributed by atoms with E-state index in [0.717, 1.165) is 12.1 Å². The number of nitrogens with zero attached hydrogens (tertiary/aromatic N) is 1. The lowest BCUT2D eigenvalue weighted by Crippen LogP contribution is -2.61. The molecule has 7 heteroatoms. The highest BCUT2D eigenvalue weighted by molar-refractivity contribution is 5.68. The molecule has 0 aromatic heterocycles. The lowest BCUT2D eigenvalue weighted by atomic mass is 9.95. The third-order valence-corrected chi connectivity index (χ3v) is 3.11. The van der Waals surface area contributed by atoms with Gasteiger partial charge >= 0.3 is 5.97 Å². The van der Waals surface area contributed by atoms with E-state index < -0.39 is 29.0 Å². The zero-order chi connectivity index (χ0) is 14.9. The molecule has 1 fully saturated rings. The molecule has 110 valence electrons. The molecule has 0 spiro atoms. The Balaban J connectivity index is 1.90. The molecule has 2 rings (SSSR count). The fourth-order valence-corrected chi connectivity index (χ4v) is 2.30. The summed E-state index contributed by atoms with van der Waals surface area (Å²) >= 11 is 0. The van der Waals surface area contributed by atoms with Crippen LogP contribution >= 0.6 is 0 Å². The molecule has 0 bridgehead atoms. The number of rotatable bonds is 5. The second-order valence-electron chi connectivity index (χ2n) is 5.15. The number of benzene rings is 1. The average Bonchev–Trinajstić information content (AvgIpc) is 2.31. The third-order valence-electron chi connectivity index (χ3n) is 3.11. The van der Waals surface area contributed by atoms with Crippen LogP contribution in [0.15, 0.2) is 12.1 Å². The van der Waals surface area contributed by atoms with Gasteiger partial charge in [-0.3, -0.25) is 4.90 Å². The Bertz CT molecular complexity index is 507. The number of aliphatic carboxylic acids is 1. The van der Waals surface area contributed by atoms with Crippen LogP contribution in [0.1, 0.15) is 12.5 Å². The highest BCUT2D eigenvalue weighted by Gasteiger charge is 2.40. The van der Waals surface area contributed by atoms with Gasteiger partial charge in [-0.2, -0.15) is 0 Å². The standard InChI is InChI=1S/C13H14F3NO3/c1-13(20-5-11(18)19)6-17(7-13)4-8-2-9(14)12(16)10(15)3-8/h2-3H,4-7H2,1H3,(H,18,19). The zero-order valence-corrected chi connectivity index (χ0v) is 10.8. The van der Waals surface area contributed by atoms with E-state index in [4.69, 9.17) is 9.84 Å². The van der Waals surface area contributed by atoms with Crippen LogP contribution in [0.2, 0.25) is 0 Å². The summed E-state index contributed by atoms with van der Waals surface area (Å²) in [6, 6.07) is 1.90. The Labute approximate surface area is 113 Å². The molecule has 1 aliphatic rings. The Kier molecular flexibility index (Phi) is 4.01. The monoisotopic (exact) mass is 289 g/mol. The van der Waals surface area contributed by atoms with Crippen molar-refractivity contribution in [3.63, 3.8) is 0 Å². The molecule has 0 aliphatic carbocycles. The second-order valence-corrected chi connectivity index (χ2v) is 5.15. The van der Waals surface area contributed by atoms with E-state index in [-0.39, 0.29) is 13.2 Å². The summed E-state index contributed by atoms with van der Waals surface area (Å²) in [4.78, 5) is 12.2. The molecular formula is C13H14F3NO3. The first kappa shape index (κ1) is 14.8. The first-order chi connectivity index (χ1) is 9.29. The first-order valence-corrected chi connectivity index (χ1v) is 6.01. The number of halogens is 3. The fourth-order valence-electron chi connectivity index (χ4n) is 2.30. The maximum absolute atomic E-state index is 13.1. The molecule has 0 radical (unpaired) electrons. The van der Waals surface area contributed by atoms with Gasteiger partial charge in [-0.15, -0.1) is 0 Å². The van der Waals surface area contributed by atoms with E-state index in [1.165, 1.54) is 0 Å². The van der Waals surface area contributed by atoms with E-state index in [1.54, 1.807) is 6.92 Å². The summed E-state index contributed by atoms with van der Waals surface area (Å²) < 4.78 is 44.1. The topological polar surface area (TPSA) is 49.8 Å². The summed E-state index contributed by atoms with van der Waals surface area (Å²) in [5.41, 5.74) is -0.253. The molecule has 20 heavy (non-hydrogen) atoms. The predicted octanol–water partition coefficient (Wildman–Crippen LogP) is 1.78. The minimum Gasteiger partial charge on any atom is -0.480 e. The molecule has 1 aromatic rings. The van der Waals surface area contributed by atoms with Crippen molar-refractivity contribution in [3.05, 3.63) is 35.1 Å². The molecule has 0 amide bonds. The normalized spacial score (nSPS) is 17.8. The number of carbonyl (C=O) groups is 1. The van der Waals surface area contributed by atoms with E-state index in [2.05, 4.69) is 0 Å². The number of hydrogen-bond acceptors (Lipinski definition) is 3. The second kappa shape index (κ2) is 5.41. The summed E-state index contributed by atoms with van der Waals surface area (Å²) in [5, 5.41) is 8.53. The maximum Gasteiger partial charge on any atom is 0.329 e. The number of hydrogen-bond donors (Lipinski definition) is 1. The van der Waals surface area contributed by atoms with Gasteiger partial charge in [0.2, 0.25) is 0 Å². The highest BCUT2D eigenvalue weighted by atomic mass is 19.2. The van der Waals surface area contributed by atoms with Crippen molar-refractivity contribution in [2.24, 2.45) is 0 Å². The minimum absolute atomic E-state index is 0.250. The number of carboxylic acid groups (broad SMARTS) is 1. The van der Waals surface area contributed by atoms with E-state index in [0.29, 0.717) is 18.7 Å². The Morgan fingerprint density at radius 3 is 2.40 bits per heavy atom. The molecule has 0 atom stereocenters. The van der Waals surface area contributed by atoms with Gasteiger partial charge in [0.15, 0.2) is 17.5 Å². The quantitative estimate of drug-likeness (QED) is 0.840. The molecule has 0 unspecified atom stereocenters. The van der Waals surface area contributed by atoms with E-state index >= 15 is 0 Å². The predicted molar refractivity (Wildman–Crippen MR) is 63.6 cm³/mol.